The SMILES string of the molecule is CC1=CC(C(=O)O)C(=O)N=C1C(F)(F)F. The summed E-state index contributed by atoms with van der Waals surface area (Å²) in [5.74, 6) is -4.43. The molecule has 0 aromatic heterocycles. The van der Waals surface area contributed by atoms with Crippen LogP contribution in [-0.2, 0) is 9.59 Å². The van der Waals surface area contributed by atoms with Gasteiger partial charge in [-0.2, -0.15) is 13.2 Å². The molecule has 0 saturated carbocycles. The fraction of sp³-hybridized carbons (Fsp3) is 0.375. The van der Waals surface area contributed by atoms with Gasteiger partial charge in [0.2, 0.25) is 0 Å². The average molecular weight is 221 g/mol. The van der Waals surface area contributed by atoms with E-state index in [-0.39, 0.29) is 5.57 Å². The number of amides is 1. The number of allylic oxidation sites excluding steroid dienone is 1. The monoisotopic (exact) mass is 221 g/mol. The second-order valence-corrected chi connectivity index (χ2v) is 2.96. The van der Waals surface area contributed by atoms with E-state index in [9.17, 15) is 22.8 Å². The van der Waals surface area contributed by atoms with E-state index in [1.165, 1.54) is 0 Å². The van der Waals surface area contributed by atoms with Gasteiger partial charge in [-0.1, -0.05) is 6.08 Å². The van der Waals surface area contributed by atoms with Gasteiger partial charge in [-0.25, -0.2) is 4.99 Å². The Morgan fingerprint density at radius 2 is 2.07 bits per heavy atom. The molecule has 0 spiro atoms. The summed E-state index contributed by atoms with van der Waals surface area (Å²) in [7, 11) is 0. The average Bonchev–Trinajstić information content (AvgIpc) is 2.06. The molecule has 1 amide bonds. The van der Waals surface area contributed by atoms with Gasteiger partial charge in [0.05, 0.1) is 0 Å². The van der Waals surface area contributed by atoms with Crippen molar-refractivity contribution in [2.75, 3.05) is 0 Å². The standard InChI is InChI=1S/C8H6F3NO3/c1-3-2-4(7(14)15)6(13)12-5(3)8(9,10)11/h2,4H,1H3,(H,14,15). The molecular weight excluding hydrogens is 215 g/mol. The normalized spacial score (nSPS) is 22.1. The van der Waals surface area contributed by atoms with Crippen LogP contribution in [0.5, 0.6) is 0 Å². The van der Waals surface area contributed by atoms with E-state index < -0.39 is 29.7 Å². The van der Waals surface area contributed by atoms with Crippen LogP contribution in [0.25, 0.3) is 0 Å². The maximum Gasteiger partial charge on any atom is 0.433 e. The number of carbonyl (C=O) groups excluding carboxylic acids is 1. The first-order chi connectivity index (χ1) is 6.73. The molecule has 1 N–H and O–H groups in total. The van der Waals surface area contributed by atoms with Gasteiger partial charge in [-0.15, -0.1) is 0 Å². The molecule has 0 fully saturated rings. The quantitative estimate of drug-likeness (QED) is 0.676. The Balaban J connectivity index is 3.11. The molecule has 1 aliphatic rings. The van der Waals surface area contributed by atoms with E-state index in [0.717, 1.165) is 13.0 Å². The predicted molar refractivity (Wildman–Crippen MR) is 43.4 cm³/mol. The summed E-state index contributed by atoms with van der Waals surface area (Å²) in [4.78, 5) is 24.1. The molecular formula is C8H6F3NO3. The fourth-order valence-electron chi connectivity index (χ4n) is 1.13. The Hall–Kier alpha value is -1.66. The number of dihydropyridines is 1. The first-order valence-electron chi connectivity index (χ1n) is 3.85. The molecule has 4 nitrogen and oxygen atoms in total. The lowest BCUT2D eigenvalue weighted by Crippen LogP contribution is -2.33. The summed E-state index contributed by atoms with van der Waals surface area (Å²) in [6.07, 6.45) is -3.99. The van der Waals surface area contributed by atoms with E-state index in [4.69, 9.17) is 5.11 Å². The molecule has 1 unspecified atom stereocenters. The summed E-state index contributed by atoms with van der Waals surface area (Å²) >= 11 is 0. The minimum Gasteiger partial charge on any atom is -0.480 e. The van der Waals surface area contributed by atoms with Crippen LogP contribution >= 0.6 is 0 Å². The molecule has 1 aliphatic heterocycles. The Morgan fingerprint density at radius 3 is 2.47 bits per heavy atom. The third-order valence-corrected chi connectivity index (χ3v) is 1.81. The van der Waals surface area contributed by atoms with Gasteiger partial charge in [0.25, 0.3) is 5.91 Å². The van der Waals surface area contributed by atoms with Gasteiger partial charge >= 0.3 is 12.1 Å². The number of alkyl halides is 3. The molecule has 0 saturated heterocycles. The number of carboxylic acid groups (broad SMARTS) is 1. The van der Waals surface area contributed by atoms with Crippen molar-refractivity contribution in [2.24, 2.45) is 10.9 Å². The number of hydrogen-bond donors (Lipinski definition) is 1. The fourth-order valence-corrected chi connectivity index (χ4v) is 1.13. The van der Waals surface area contributed by atoms with Crippen molar-refractivity contribution in [1.29, 1.82) is 0 Å². The summed E-state index contributed by atoms with van der Waals surface area (Å²) in [5.41, 5.74) is -1.68. The van der Waals surface area contributed by atoms with Crippen LogP contribution < -0.4 is 0 Å². The van der Waals surface area contributed by atoms with Crippen molar-refractivity contribution >= 4 is 17.6 Å². The van der Waals surface area contributed by atoms with Crippen LogP contribution in [0.2, 0.25) is 0 Å². The van der Waals surface area contributed by atoms with E-state index in [2.05, 4.69) is 4.99 Å². The molecule has 0 bridgehead atoms. The maximum absolute atomic E-state index is 12.2. The number of nitrogens with zero attached hydrogens (tertiary/aromatic N) is 1. The van der Waals surface area contributed by atoms with Gasteiger partial charge in [-0.05, 0) is 12.5 Å². The smallest absolute Gasteiger partial charge is 0.433 e. The molecule has 1 atom stereocenters. The van der Waals surface area contributed by atoms with Gasteiger partial charge in [0.1, 0.15) is 0 Å². The lowest BCUT2D eigenvalue weighted by atomic mass is 9.99. The summed E-state index contributed by atoms with van der Waals surface area (Å²) in [6.45, 7) is 1.06. The Bertz CT molecular complexity index is 381. The zero-order valence-corrected chi connectivity index (χ0v) is 7.50. The molecule has 0 aromatic rings. The van der Waals surface area contributed by atoms with Crippen LogP contribution in [0.3, 0.4) is 0 Å². The van der Waals surface area contributed by atoms with E-state index >= 15 is 0 Å². The second kappa shape index (κ2) is 3.48. The van der Waals surface area contributed by atoms with Gasteiger partial charge in [-0.3, -0.25) is 9.59 Å². The van der Waals surface area contributed by atoms with Crippen LogP contribution in [-0.4, -0.2) is 28.9 Å². The van der Waals surface area contributed by atoms with Crippen molar-refractivity contribution in [2.45, 2.75) is 13.1 Å². The number of halogens is 3. The number of rotatable bonds is 1. The van der Waals surface area contributed by atoms with Gasteiger partial charge in [0, 0.05) is 0 Å². The molecule has 0 aromatic carbocycles. The molecule has 7 heteroatoms. The predicted octanol–water partition coefficient (Wildman–Crippen LogP) is 1.18. The molecule has 1 rings (SSSR count). The number of aliphatic imine (C=N–C) groups is 1. The lowest BCUT2D eigenvalue weighted by molar-refractivity contribution is -0.144. The minimum absolute atomic E-state index is 0.352. The highest BCUT2D eigenvalue weighted by molar-refractivity contribution is 6.15. The largest absolute Gasteiger partial charge is 0.480 e. The molecule has 0 aliphatic carbocycles. The highest BCUT2D eigenvalue weighted by Crippen LogP contribution is 2.26. The van der Waals surface area contributed by atoms with Crippen molar-refractivity contribution in [3.63, 3.8) is 0 Å². The molecule has 0 radical (unpaired) electrons. The van der Waals surface area contributed by atoms with Crippen LogP contribution in [0.4, 0.5) is 13.2 Å². The van der Waals surface area contributed by atoms with Gasteiger partial charge in [0.15, 0.2) is 11.6 Å². The second-order valence-electron chi connectivity index (χ2n) is 2.96. The minimum atomic E-state index is -4.74. The third kappa shape index (κ3) is 2.23. The van der Waals surface area contributed by atoms with E-state index in [0.29, 0.717) is 0 Å². The molecule has 82 valence electrons. The zero-order valence-electron chi connectivity index (χ0n) is 7.50. The summed E-state index contributed by atoms with van der Waals surface area (Å²) < 4.78 is 36.7. The van der Waals surface area contributed by atoms with Crippen LogP contribution in [0, 0.1) is 5.92 Å². The Kier molecular flexibility index (Phi) is 2.65. The highest BCUT2D eigenvalue weighted by Gasteiger charge is 2.41. The number of carbonyl (C=O) groups is 2. The number of aliphatic carboxylic acids is 1. The first-order valence-corrected chi connectivity index (χ1v) is 3.85. The van der Waals surface area contributed by atoms with Crippen LogP contribution in [0.1, 0.15) is 6.92 Å². The highest BCUT2D eigenvalue weighted by atomic mass is 19.4. The number of hydrogen-bond acceptors (Lipinski definition) is 2. The maximum atomic E-state index is 12.2. The Morgan fingerprint density at radius 1 is 1.53 bits per heavy atom. The zero-order chi connectivity index (χ0) is 11.8. The summed E-state index contributed by atoms with van der Waals surface area (Å²) in [5, 5.41) is 8.50. The molecule has 15 heavy (non-hydrogen) atoms. The summed E-state index contributed by atoms with van der Waals surface area (Å²) in [6, 6.07) is 0. The lowest BCUT2D eigenvalue weighted by Gasteiger charge is -2.16. The van der Waals surface area contributed by atoms with Crippen LogP contribution in [0.15, 0.2) is 16.6 Å². The van der Waals surface area contributed by atoms with E-state index in [1.807, 2.05) is 0 Å². The topological polar surface area (TPSA) is 66.7 Å². The first kappa shape index (κ1) is 11.4. The third-order valence-electron chi connectivity index (χ3n) is 1.81. The van der Waals surface area contributed by atoms with Crippen molar-refractivity contribution in [1.82, 2.24) is 0 Å². The van der Waals surface area contributed by atoms with Crippen molar-refractivity contribution in [3.05, 3.63) is 11.6 Å². The number of carboxylic acids is 1. The van der Waals surface area contributed by atoms with Crippen molar-refractivity contribution < 1.29 is 27.9 Å². The van der Waals surface area contributed by atoms with Gasteiger partial charge < -0.3 is 5.11 Å². The molecule has 1 heterocycles. The Labute approximate surface area is 82.1 Å². The van der Waals surface area contributed by atoms with E-state index in [1.54, 1.807) is 0 Å². The van der Waals surface area contributed by atoms with Crippen molar-refractivity contribution in [3.8, 4) is 0 Å².